The van der Waals surface area contributed by atoms with Crippen molar-refractivity contribution >= 4 is 5.97 Å². The van der Waals surface area contributed by atoms with Gasteiger partial charge in [-0.2, -0.15) is 0 Å². The topological polar surface area (TPSA) is 50.2 Å². The maximum atomic E-state index is 11.2. The van der Waals surface area contributed by atoms with Crippen LogP contribution in [0.4, 0.5) is 0 Å². The second kappa shape index (κ2) is 3.08. The third-order valence-corrected chi connectivity index (χ3v) is 3.07. The minimum absolute atomic E-state index is 0.617. The zero-order valence-electron chi connectivity index (χ0n) is 8.16. The fourth-order valence-corrected chi connectivity index (χ4v) is 2.00. The molecule has 0 aliphatic heterocycles. The van der Waals surface area contributed by atoms with Gasteiger partial charge in [0, 0.05) is 11.9 Å². The molecule has 74 valence electrons. The monoisotopic (exact) mass is 191 g/mol. The Balaban J connectivity index is 2.42. The average Bonchev–Trinajstić information content (AvgIpc) is 2.00. The van der Waals surface area contributed by atoms with Gasteiger partial charge in [0.2, 0.25) is 0 Å². The van der Waals surface area contributed by atoms with Crippen molar-refractivity contribution in [1.82, 2.24) is 4.98 Å². The minimum atomic E-state index is -0.700. The molecule has 1 N–H and O–H groups in total. The number of aryl methyl sites for hydroxylation is 1. The number of carboxylic acid groups (broad SMARTS) is 1. The molecule has 2 rings (SSSR count). The van der Waals surface area contributed by atoms with E-state index in [0.717, 1.165) is 30.5 Å². The molecule has 0 amide bonds. The van der Waals surface area contributed by atoms with Gasteiger partial charge in [-0.15, -0.1) is 0 Å². The number of hydrogen-bond donors (Lipinski definition) is 1. The normalized spacial score (nSPS) is 18.6. The first-order valence-corrected chi connectivity index (χ1v) is 4.82. The highest BCUT2D eigenvalue weighted by molar-refractivity contribution is 5.82. The maximum absolute atomic E-state index is 11.2. The molecule has 1 saturated carbocycles. The van der Waals surface area contributed by atoms with Crippen molar-refractivity contribution < 1.29 is 9.90 Å². The van der Waals surface area contributed by atoms with Crippen molar-refractivity contribution in [3.63, 3.8) is 0 Å². The molecule has 1 heterocycles. The summed E-state index contributed by atoms with van der Waals surface area (Å²) in [5.41, 5.74) is 1.17. The lowest BCUT2D eigenvalue weighted by atomic mass is 9.64. The Bertz CT molecular complexity index is 369. The Morgan fingerprint density at radius 3 is 2.71 bits per heavy atom. The van der Waals surface area contributed by atoms with Gasteiger partial charge in [-0.25, -0.2) is 0 Å². The van der Waals surface area contributed by atoms with E-state index in [1.807, 2.05) is 19.1 Å². The van der Waals surface area contributed by atoms with Crippen molar-refractivity contribution in [2.24, 2.45) is 0 Å². The van der Waals surface area contributed by atoms with E-state index in [0.29, 0.717) is 0 Å². The number of pyridine rings is 1. The number of aromatic nitrogens is 1. The second-order valence-corrected chi connectivity index (χ2v) is 3.93. The number of carbonyl (C=O) groups is 1. The van der Waals surface area contributed by atoms with Gasteiger partial charge in [0.05, 0.1) is 5.41 Å². The Kier molecular flexibility index (Phi) is 2.02. The van der Waals surface area contributed by atoms with Gasteiger partial charge in [0.1, 0.15) is 0 Å². The molecule has 0 unspecified atom stereocenters. The third kappa shape index (κ3) is 1.20. The van der Waals surface area contributed by atoms with Gasteiger partial charge >= 0.3 is 5.97 Å². The van der Waals surface area contributed by atoms with Gasteiger partial charge in [-0.1, -0.05) is 6.42 Å². The minimum Gasteiger partial charge on any atom is -0.481 e. The first-order chi connectivity index (χ1) is 6.65. The van der Waals surface area contributed by atoms with Gasteiger partial charge < -0.3 is 5.11 Å². The van der Waals surface area contributed by atoms with Crippen molar-refractivity contribution in [2.75, 3.05) is 0 Å². The van der Waals surface area contributed by atoms with Crippen molar-refractivity contribution in [3.05, 3.63) is 29.6 Å². The first-order valence-electron chi connectivity index (χ1n) is 4.82. The highest BCUT2D eigenvalue weighted by atomic mass is 16.4. The van der Waals surface area contributed by atoms with E-state index in [4.69, 9.17) is 0 Å². The van der Waals surface area contributed by atoms with Crippen LogP contribution in [-0.4, -0.2) is 16.1 Å². The fraction of sp³-hybridized carbons (Fsp3) is 0.455. The summed E-state index contributed by atoms with van der Waals surface area (Å²) >= 11 is 0. The number of nitrogens with zero attached hydrogens (tertiary/aromatic N) is 1. The van der Waals surface area contributed by atoms with E-state index in [2.05, 4.69) is 4.98 Å². The molecular weight excluding hydrogens is 178 g/mol. The van der Waals surface area contributed by atoms with Crippen LogP contribution in [0.15, 0.2) is 18.3 Å². The Hall–Kier alpha value is -1.38. The molecule has 1 aliphatic carbocycles. The quantitative estimate of drug-likeness (QED) is 0.776. The summed E-state index contributed by atoms with van der Waals surface area (Å²) in [5, 5.41) is 9.21. The van der Waals surface area contributed by atoms with Crippen LogP contribution in [0.1, 0.15) is 30.5 Å². The van der Waals surface area contributed by atoms with E-state index in [9.17, 15) is 9.90 Å². The first kappa shape index (κ1) is 9.19. The number of rotatable bonds is 2. The summed E-state index contributed by atoms with van der Waals surface area (Å²) in [4.78, 5) is 15.3. The maximum Gasteiger partial charge on any atom is 0.314 e. The lowest BCUT2D eigenvalue weighted by molar-refractivity contribution is -0.147. The van der Waals surface area contributed by atoms with E-state index in [-0.39, 0.29) is 0 Å². The SMILES string of the molecule is Cc1cc(C2(C(=O)O)CCC2)ccn1. The zero-order chi connectivity index (χ0) is 10.2. The molecule has 1 aromatic heterocycles. The highest BCUT2D eigenvalue weighted by Gasteiger charge is 2.45. The molecule has 3 nitrogen and oxygen atoms in total. The third-order valence-electron chi connectivity index (χ3n) is 3.07. The van der Waals surface area contributed by atoms with E-state index in [1.54, 1.807) is 6.20 Å². The molecule has 1 aromatic rings. The average molecular weight is 191 g/mol. The van der Waals surface area contributed by atoms with E-state index in [1.165, 1.54) is 0 Å². The van der Waals surface area contributed by atoms with Crippen LogP contribution in [0, 0.1) is 6.92 Å². The number of hydrogen-bond acceptors (Lipinski definition) is 2. The van der Waals surface area contributed by atoms with Crippen molar-refractivity contribution in [1.29, 1.82) is 0 Å². The summed E-state index contributed by atoms with van der Waals surface area (Å²) in [7, 11) is 0. The summed E-state index contributed by atoms with van der Waals surface area (Å²) in [5.74, 6) is -0.700. The van der Waals surface area contributed by atoms with Gasteiger partial charge in [0.25, 0.3) is 0 Å². The number of carboxylic acids is 1. The second-order valence-electron chi connectivity index (χ2n) is 3.93. The summed E-state index contributed by atoms with van der Waals surface area (Å²) in [6.45, 7) is 1.89. The van der Waals surface area contributed by atoms with E-state index >= 15 is 0 Å². The Morgan fingerprint density at radius 1 is 1.57 bits per heavy atom. The molecule has 14 heavy (non-hydrogen) atoms. The van der Waals surface area contributed by atoms with Crippen LogP contribution in [0.2, 0.25) is 0 Å². The fourth-order valence-electron chi connectivity index (χ4n) is 2.00. The lowest BCUT2D eigenvalue weighted by Crippen LogP contribution is -2.42. The lowest BCUT2D eigenvalue weighted by Gasteiger charge is -2.38. The molecule has 1 aliphatic rings. The van der Waals surface area contributed by atoms with Crippen LogP contribution in [0.5, 0.6) is 0 Å². The van der Waals surface area contributed by atoms with Crippen LogP contribution >= 0.6 is 0 Å². The molecule has 0 bridgehead atoms. The summed E-state index contributed by atoms with van der Waals surface area (Å²) in [6, 6.07) is 3.70. The summed E-state index contributed by atoms with van der Waals surface area (Å²) in [6.07, 6.45) is 4.21. The molecule has 0 radical (unpaired) electrons. The summed E-state index contributed by atoms with van der Waals surface area (Å²) < 4.78 is 0. The molecule has 0 spiro atoms. The standard InChI is InChI=1S/C11H13NO2/c1-8-7-9(3-6-12-8)11(10(13)14)4-2-5-11/h3,6-7H,2,4-5H2,1H3,(H,13,14). The molecular formula is C11H13NO2. The zero-order valence-corrected chi connectivity index (χ0v) is 8.16. The van der Waals surface area contributed by atoms with Gasteiger partial charge in [0.15, 0.2) is 0 Å². The molecule has 0 atom stereocenters. The number of aliphatic carboxylic acids is 1. The van der Waals surface area contributed by atoms with Crippen LogP contribution < -0.4 is 0 Å². The van der Waals surface area contributed by atoms with Gasteiger partial charge in [-0.3, -0.25) is 9.78 Å². The smallest absolute Gasteiger partial charge is 0.314 e. The Labute approximate surface area is 82.8 Å². The molecule has 0 aromatic carbocycles. The largest absolute Gasteiger partial charge is 0.481 e. The predicted molar refractivity (Wildman–Crippen MR) is 52.1 cm³/mol. The Morgan fingerprint density at radius 2 is 2.29 bits per heavy atom. The molecule has 0 saturated heterocycles. The van der Waals surface area contributed by atoms with Crippen molar-refractivity contribution in [3.8, 4) is 0 Å². The van der Waals surface area contributed by atoms with Crippen LogP contribution in [0.3, 0.4) is 0 Å². The molecule has 1 fully saturated rings. The van der Waals surface area contributed by atoms with Gasteiger partial charge in [-0.05, 0) is 37.5 Å². The molecule has 3 heteroatoms. The van der Waals surface area contributed by atoms with Crippen LogP contribution in [0.25, 0.3) is 0 Å². The van der Waals surface area contributed by atoms with Crippen molar-refractivity contribution in [2.45, 2.75) is 31.6 Å². The van der Waals surface area contributed by atoms with Crippen LogP contribution in [-0.2, 0) is 10.2 Å². The highest BCUT2D eigenvalue weighted by Crippen LogP contribution is 2.43. The predicted octanol–water partition coefficient (Wildman–Crippen LogP) is 1.90. The van der Waals surface area contributed by atoms with E-state index < -0.39 is 11.4 Å².